The van der Waals surface area contributed by atoms with Crippen LogP contribution in [0.5, 0.6) is 0 Å². The maximum Gasteiger partial charge on any atom is 0.244 e. The van der Waals surface area contributed by atoms with Crippen molar-refractivity contribution in [2.45, 2.75) is 25.2 Å². The largest absolute Gasteiger partial charge is 0.396 e. The lowest BCUT2D eigenvalue weighted by molar-refractivity contribution is -0.130. The van der Waals surface area contributed by atoms with Gasteiger partial charge in [0.05, 0.1) is 6.07 Å². The first kappa shape index (κ1) is 15.2. The second-order valence-electron chi connectivity index (χ2n) is 4.52. The number of aliphatic hydroxyl groups excluding tert-OH is 1. The molecule has 0 aliphatic heterocycles. The summed E-state index contributed by atoms with van der Waals surface area (Å²) >= 11 is 0. The van der Waals surface area contributed by atoms with Gasteiger partial charge in [0.1, 0.15) is 5.92 Å². The van der Waals surface area contributed by atoms with Gasteiger partial charge in [0.15, 0.2) is 0 Å². The number of nitriles is 1. The summed E-state index contributed by atoms with van der Waals surface area (Å²) in [5.41, 5.74) is 0.734. The van der Waals surface area contributed by atoms with Crippen molar-refractivity contribution in [3.8, 4) is 6.07 Å². The third kappa shape index (κ3) is 4.72. The van der Waals surface area contributed by atoms with Gasteiger partial charge in [-0.15, -0.1) is 0 Å². The predicted octanol–water partition coefficient (Wildman–Crippen LogP) is 1.91. The molecule has 1 aromatic carbocycles. The molecule has 0 aromatic heterocycles. The Labute approximate surface area is 114 Å². The van der Waals surface area contributed by atoms with Crippen LogP contribution in [0.25, 0.3) is 0 Å². The number of hydrogen-bond acceptors (Lipinski definition) is 3. The average Bonchev–Trinajstić information content (AvgIpc) is 2.45. The van der Waals surface area contributed by atoms with E-state index in [9.17, 15) is 10.1 Å². The fraction of sp³-hybridized carbons (Fsp3) is 0.467. The van der Waals surface area contributed by atoms with E-state index >= 15 is 0 Å². The highest BCUT2D eigenvalue weighted by Gasteiger charge is 2.22. The molecular formula is C15H20N2O2. The molecule has 1 amide bonds. The van der Waals surface area contributed by atoms with E-state index in [-0.39, 0.29) is 12.5 Å². The van der Waals surface area contributed by atoms with Crippen molar-refractivity contribution in [2.75, 3.05) is 20.2 Å². The Morgan fingerprint density at radius 2 is 2.00 bits per heavy atom. The topological polar surface area (TPSA) is 64.3 Å². The predicted molar refractivity (Wildman–Crippen MR) is 73.4 cm³/mol. The number of aliphatic hydroxyl groups is 1. The highest BCUT2D eigenvalue weighted by atomic mass is 16.2. The van der Waals surface area contributed by atoms with Crippen LogP contribution in [0.3, 0.4) is 0 Å². The molecule has 1 N–H and O–H groups in total. The zero-order chi connectivity index (χ0) is 14.1. The van der Waals surface area contributed by atoms with Crippen molar-refractivity contribution >= 4 is 5.91 Å². The van der Waals surface area contributed by atoms with Gasteiger partial charge < -0.3 is 10.0 Å². The van der Waals surface area contributed by atoms with Crippen LogP contribution in [0.1, 0.15) is 30.7 Å². The monoisotopic (exact) mass is 260 g/mol. The van der Waals surface area contributed by atoms with Crippen molar-refractivity contribution in [3.05, 3.63) is 35.9 Å². The first-order chi connectivity index (χ1) is 9.20. The molecule has 0 aliphatic rings. The summed E-state index contributed by atoms with van der Waals surface area (Å²) in [4.78, 5) is 13.8. The Morgan fingerprint density at radius 3 is 2.58 bits per heavy atom. The zero-order valence-corrected chi connectivity index (χ0v) is 11.2. The van der Waals surface area contributed by atoms with Crippen LogP contribution in [-0.2, 0) is 4.79 Å². The van der Waals surface area contributed by atoms with Crippen LogP contribution in [-0.4, -0.2) is 36.1 Å². The van der Waals surface area contributed by atoms with Crippen LogP contribution in [0.4, 0.5) is 0 Å². The molecule has 0 saturated heterocycles. The highest BCUT2D eigenvalue weighted by Crippen LogP contribution is 2.17. The van der Waals surface area contributed by atoms with E-state index in [2.05, 4.69) is 6.07 Å². The third-order valence-electron chi connectivity index (χ3n) is 3.04. The Morgan fingerprint density at radius 1 is 1.32 bits per heavy atom. The minimum absolute atomic E-state index is 0.169. The van der Waals surface area contributed by atoms with Gasteiger partial charge in [-0.2, -0.15) is 5.26 Å². The average molecular weight is 260 g/mol. The number of benzene rings is 1. The van der Waals surface area contributed by atoms with Crippen LogP contribution < -0.4 is 0 Å². The number of carbonyl (C=O) groups excluding carboxylic acids is 1. The number of rotatable bonds is 7. The number of nitrogens with zero attached hydrogens (tertiary/aromatic N) is 2. The SMILES string of the molecule is CN(CCCCCO)C(=O)C(C#N)c1ccccc1. The first-order valence-corrected chi connectivity index (χ1v) is 6.51. The second-order valence-corrected chi connectivity index (χ2v) is 4.52. The van der Waals surface area contributed by atoms with Crippen molar-refractivity contribution in [3.63, 3.8) is 0 Å². The van der Waals surface area contributed by atoms with E-state index in [0.717, 1.165) is 24.8 Å². The lowest BCUT2D eigenvalue weighted by atomic mass is 9.99. The molecule has 4 nitrogen and oxygen atoms in total. The molecule has 102 valence electrons. The number of likely N-dealkylation sites (N-methyl/N-ethyl adjacent to an activating group) is 1. The van der Waals surface area contributed by atoms with E-state index in [4.69, 9.17) is 5.11 Å². The molecule has 1 rings (SSSR count). The fourth-order valence-corrected chi connectivity index (χ4v) is 1.89. The van der Waals surface area contributed by atoms with Crippen LogP contribution >= 0.6 is 0 Å². The molecule has 1 unspecified atom stereocenters. The van der Waals surface area contributed by atoms with Gasteiger partial charge >= 0.3 is 0 Å². The third-order valence-corrected chi connectivity index (χ3v) is 3.04. The molecule has 0 spiro atoms. The van der Waals surface area contributed by atoms with Gasteiger partial charge in [-0.05, 0) is 24.8 Å². The van der Waals surface area contributed by atoms with Crippen LogP contribution in [0.15, 0.2) is 30.3 Å². The van der Waals surface area contributed by atoms with Crippen molar-refractivity contribution in [1.82, 2.24) is 4.90 Å². The summed E-state index contributed by atoms with van der Waals surface area (Å²) in [6, 6.07) is 11.2. The normalized spacial score (nSPS) is 11.6. The van der Waals surface area contributed by atoms with Gasteiger partial charge in [-0.1, -0.05) is 30.3 Å². The summed E-state index contributed by atoms with van der Waals surface area (Å²) in [5, 5.41) is 17.9. The van der Waals surface area contributed by atoms with Crippen molar-refractivity contribution in [2.24, 2.45) is 0 Å². The number of hydrogen-bond donors (Lipinski definition) is 1. The molecule has 1 aromatic rings. The molecule has 4 heteroatoms. The lowest BCUT2D eigenvalue weighted by Gasteiger charge is -2.20. The van der Waals surface area contributed by atoms with Crippen molar-refractivity contribution in [1.29, 1.82) is 5.26 Å². The number of carbonyl (C=O) groups is 1. The highest BCUT2D eigenvalue weighted by molar-refractivity contribution is 5.86. The quantitative estimate of drug-likeness (QED) is 0.762. The molecule has 0 radical (unpaired) electrons. The van der Waals surface area contributed by atoms with E-state index in [1.165, 1.54) is 0 Å². The van der Waals surface area contributed by atoms with Crippen LogP contribution in [0.2, 0.25) is 0 Å². The second kappa shape index (κ2) is 8.28. The Bertz CT molecular complexity index is 426. The molecule has 0 heterocycles. The van der Waals surface area contributed by atoms with Crippen LogP contribution in [0, 0.1) is 11.3 Å². The maximum atomic E-state index is 12.2. The standard InChI is InChI=1S/C15H20N2O2/c1-17(10-6-3-7-11-18)15(19)14(12-16)13-8-4-2-5-9-13/h2,4-5,8-9,14,18H,3,6-7,10-11H2,1H3. The van der Waals surface area contributed by atoms with E-state index in [0.29, 0.717) is 6.54 Å². The van der Waals surface area contributed by atoms with Gasteiger partial charge in [-0.3, -0.25) is 4.79 Å². The summed E-state index contributed by atoms with van der Waals surface area (Å²) in [5.74, 6) is -0.901. The van der Waals surface area contributed by atoms with E-state index < -0.39 is 5.92 Å². The summed E-state index contributed by atoms with van der Waals surface area (Å²) in [6.45, 7) is 0.798. The van der Waals surface area contributed by atoms with E-state index in [1.54, 1.807) is 24.1 Å². The molecular weight excluding hydrogens is 240 g/mol. The van der Waals surface area contributed by atoms with Gasteiger partial charge in [-0.25, -0.2) is 0 Å². The molecule has 0 saturated carbocycles. The molecule has 0 aliphatic carbocycles. The first-order valence-electron chi connectivity index (χ1n) is 6.51. The molecule has 1 atom stereocenters. The van der Waals surface area contributed by atoms with Gasteiger partial charge in [0.25, 0.3) is 0 Å². The van der Waals surface area contributed by atoms with E-state index in [1.807, 2.05) is 18.2 Å². The minimum Gasteiger partial charge on any atom is -0.396 e. The summed E-state index contributed by atoms with van der Waals surface area (Å²) in [6.07, 6.45) is 2.48. The zero-order valence-electron chi connectivity index (χ0n) is 11.2. The summed E-state index contributed by atoms with van der Waals surface area (Å²) in [7, 11) is 1.72. The van der Waals surface area contributed by atoms with Gasteiger partial charge in [0.2, 0.25) is 5.91 Å². The summed E-state index contributed by atoms with van der Waals surface area (Å²) < 4.78 is 0. The smallest absolute Gasteiger partial charge is 0.244 e. The Balaban J connectivity index is 2.57. The fourth-order valence-electron chi connectivity index (χ4n) is 1.89. The Kier molecular flexibility index (Phi) is 6.62. The minimum atomic E-state index is -0.732. The number of amides is 1. The molecule has 0 fully saturated rings. The molecule has 19 heavy (non-hydrogen) atoms. The number of unbranched alkanes of at least 4 members (excludes halogenated alkanes) is 2. The maximum absolute atomic E-state index is 12.2. The van der Waals surface area contributed by atoms with Crippen molar-refractivity contribution < 1.29 is 9.90 Å². The lowest BCUT2D eigenvalue weighted by Crippen LogP contribution is -2.32. The Hall–Kier alpha value is -1.86. The molecule has 0 bridgehead atoms. The van der Waals surface area contributed by atoms with Gasteiger partial charge in [0, 0.05) is 20.2 Å².